The maximum absolute atomic E-state index is 6.42. The van der Waals surface area contributed by atoms with E-state index >= 15 is 0 Å². The highest BCUT2D eigenvalue weighted by atomic mass is 16.3. The first-order chi connectivity index (χ1) is 22.1. The highest BCUT2D eigenvalue weighted by Crippen LogP contribution is 2.54. The van der Waals surface area contributed by atoms with Gasteiger partial charge in [-0.3, -0.25) is 0 Å². The molecule has 0 saturated carbocycles. The lowest BCUT2D eigenvalue weighted by Gasteiger charge is -2.33. The van der Waals surface area contributed by atoms with Gasteiger partial charge in [0.25, 0.3) is 0 Å². The third-order valence-corrected chi connectivity index (χ3v) is 10.0. The van der Waals surface area contributed by atoms with Crippen LogP contribution in [0.15, 0.2) is 156 Å². The van der Waals surface area contributed by atoms with Gasteiger partial charge < -0.3 is 9.32 Å². The van der Waals surface area contributed by atoms with Gasteiger partial charge in [0, 0.05) is 39.1 Å². The fourth-order valence-corrected chi connectivity index (χ4v) is 7.81. The van der Waals surface area contributed by atoms with E-state index in [4.69, 9.17) is 4.42 Å². The van der Waals surface area contributed by atoms with E-state index < -0.39 is 0 Å². The summed E-state index contributed by atoms with van der Waals surface area (Å²) in [5, 5.41) is 4.76. The van der Waals surface area contributed by atoms with Crippen LogP contribution < -0.4 is 4.90 Å². The van der Waals surface area contributed by atoms with Crippen molar-refractivity contribution in [2.24, 2.45) is 0 Å². The highest BCUT2D eigenvalue weighted by Gasteiger charge is 2.38. The van der Waals surface area contributed by atoms with Crippen LogP contribution in [0.4, 0.5) is 11.4 Å². The van der Waals surface area contributed by atoms with E-state index in [-0.39, 0.29) is 5.41 Å². The number of anilines is 2. The normalized spacial score (nSPS) is 16.6. The Morgan fingerprint density at radius 2 is 1.47 bits per heavy atom. The SMILES string of the molecule is CC1(C)c2ccccc2-c2c(N(C3=CC=CC(c4ccccc4)C3)c3ccc4oc5ccc6ccccc6c5c4c3)cccc21. The molecule has 0 bridgehead atoms. The Morgan fingerprint density at radius 3 is 2.38 bits per heavy atom. The van der Waals surface area contributed by atoms with Crippen molar-refractivity contribution in [2.75, 3.05) is 4.90 Å². The van der Waals surface area contributed by atoms with Crippen molar-refractivity contribution in [1.29, 1.82) is 0 Å². The minimum Gasteiger partial charge on any atom is -0.456 e. The summed E-state index contributed by atoms with van der Waals surface area (Å²) in [6.07, 6.45) is 7.79. The lowest BCUT2D eigenvalue weighted by Crippen LogP contribution is -2.21. The molecule has 1 atom stereocenters. The molecule has 0 aliphatic heterocycles. The summed E-state index contributed by atoms with van der Waals surface area (Å²) in [6.45, 7) is 4.71. The summed E-state index contributed by atoms with van der Waals surface area (Å²) in [4.78, 5) is 2.51. The molecule has 0 N–H and O–H groups in total. The van der Waals surface area contributed by atoms with Gasteiger partial charge in [0.05, 0.1) is 5.69 Å². The van der Waals surface area contributed by atoms with E-state index in [1.165, 1.54) is 55.4 Å². The van der Waals surface area contributed by atoms with Crippen LogP contribution in [0.2, 0.25) is 0 Å². The molecule has 0 saturated heterocycles. The highest BCUT2D eigenvalue weighted by molar-refractivity contribution is 6.19. The van der Waals surface area contributed by atoms with Crippen molar-refractivity contribution in [3.8, 4) is 11.1 Å². The molecule has 2 heteroatoms. The summed E-state index contributed by atoms with van der Waals surface area (Å²) >= 11 is 0. The van der Waals surface area contributed by atoms with Gasteiger partial charge in [-0.2, -0.15) is 0 Å². The van der Waals surface area contributed by atoms with Crippen LogP contribution in [0.3, 0.4) is 0 Å². The van der Waals surface area contributed by atoms with Crippen LogP contribution in [-0.4, -0.2) is 0 Å². The minimum atomic E-state index is -0.0787. The Kier molecular flexibility index (Phi) is 5.70. The topological polar surface area (TPSA) is 16.4 Å². The van der Waals surface area contributed by atoms with Crippen LogP contribution in [-0.2, 0) is 5.41 Å². The number of fused-ring (bicyclic) bond motifs is 8. The summed E-state index contributed by atoms with van der Waals surface area (Å²) in [5.74, 6) is 0.302. The average molecular weight is 580 g/mol. The van der Waals surface area contributed by atoms with Gasteiger partial charge in [-0.15, -0.1) is 0 Å². The van der Waals surface area contributed by atoms with Crippen LogP contribution in [0, 0.1) is 0 Å². The molecule has 6 aromatic carbocycles. The second kappa shape index (κ2) is 9.84. The molecular formula is C43H33NO. The summed E-state index contributed by atoms with van der Waals surface area (Å²) in [6, 6.07) is 46.3. The molecular weight excluding hydrogens is 546 g/mol. The van der Waals surface area contributed by atoms with Gasteiger partial charge in [-0.05, 0) is 75.9 Å². The molecule has 7 aromatic rings. The van der Waals surface area contributed by atoms with Gasteiger partial charge in [0.1, 0.15) is 11.2 Å². The molecule has 216 valence electrons. The Morgan fingerprint density at radius 1 is 0.689 bits per heavy atom. The molecule has 0 fully saturated rings. The van der Waals surface area contributed by atoms with Crippen LogP contribution in [0.25, 0.3) is 43.8 Å². The molecule has 0 spiro atoms. The summed E-state index contributed by atoms with van der Waals surface area (Å²) in [7, 11) is 0. The van der Waals surface area contributed by atoms with E-state index in [0.717, 1.165) is 28.7 Å². The molecule has 1 heterocycles. The van der Waals surface area contributed by atoms with Crippen LogP contribution >= 0.6 is 0 Å². The minimum absolute atomic E-state index is 0.0787. The molecule has 45 heavy (non-hydrogen) atoms. The number of hydrogen-bond donors (Lipinski definition) is 0. The fourth-order valence-electron chi connectivity index (χ4n) is 7.81. The Hall–Kier alpha value is -5.34. The van der Waals surface area contributed by atoms with Gasteiger partial charge in [-0.25, -0.2) is 0 Å². The first-order valence-electron chi connectivity index (χ1n) is 15.9. The third-order valence-electron chi connectivity index (χ3n) is 10.0. The number of nitrogens with zero attached hydrogens (tertiary/aromatic N) is 1. The van der Waals surface area contributed by atoms with Crippen molar-refractivity contribution < 1.29 is 4.42 Å². The average Bonchev–Trinajstić information content (AvgIpc) is 3.58. The molecule has 1 aromatic heterocycles. The standard InChI is InChI=1S/C43H33NO/c1-43(2)36-19-9-8-18-34(36)42-37(43)20-11-21-38(42)44(31-16-10-15-30(26-31)28-12-4-3-5-13-28)32-23-25-39-35(27-32)41-33-17-7-6-14-29(33)22-24-40(41)45-39/h3-25,27,30H,26H2,1-2H3. The van der Waals surface area contributed by atoms with Crippen LogP contribution in [0.5, 0.6) is 0 Å². The third kappa shape index (κ3) is 3.95. The molecule has 0 amide bonds. The zero-order valence-corrected chi connectivity index (χ0v) is 25.5. The number of rotatable bonds is 4. The molecule has 0 radical (unpaired) electrons. The second-order valence-electron chi connectivity index (χ2n) is 12.9. The fraction of sp³-hybridized carbons (Fsp3) is 0.116. The van der Waals surface area contributed by atoms with E-state index in [9.17, 15) is 0 Å². The largest absolute Gasteiger partial charge is 0.456 e. The number of benzene rings is 6. The summed E-state index contributed by atoms with van der Waals surface area (Å²) < 4.78 is 6.42. The maximum Gasteiger partial charge on any atom is 0.136 e. The Balaban J connectivity index is 1.30. The predicted octanol–water partition coefficient (Wildman–Crippen LogP) is 11.8. The first kappa shape index (κ1) is 26.1. The van der Waals surface area contributed by atoms with Gasteiger partial charge in [-0.1, -0.05) is 123 Å². The van der Waals surface area contributed by atoms with E-state index in [2.05, 4.69) is 164 Å². The van der Waals surface area contributed by atoms with Gasteiger partial charge >= 0.3 is 0 Å². The zero-order chi connectivity index (χ0) is 30.1. The molecule has 2 aliphatic rings. The lowest BCUT2D eigenvalue weighted by molar-refractivity contribution is 0.660. The lowest BCUT2D eigenvalue weighted by atomic mass is 9.82. The first-order valence-corrected chi connectivity index (χ1v) is 15.9. The quantitative estimate of drug-likeness (QED) is 0.206. The predicted molar refractivity (Wildman–Crippen MR) is 188 cm³/mol. The second-order valence-corrected chi connectivity index (χ2v) is 12.9. The van der Waals surface area contributed by atoms with E-state index in [0.29, 0.717) is 5.92 Å². The number of allylic oxidation sites excluding steroid dienone is 4. The molecule has 1 unspecified atom stereocenters. The molecule has 2 aliphatic carbocycles. The molecule has 9 rings (SSSR count). The van der Waals surface area contributed by atoms with Crippen molar-refractivity contribution in [1.82, 2.24) is 0 Å². The smallest absolute Gasteiger partial charge is 0.136 e. The Labute approximate surface area is 263 Å². The van der Waals surface area contributed by atoms with Crippen molar-refractivity contribution in [2.45, 2.75) is 31.6 Å². The number of hydrogen-bond acceptors (Lipinski definition) is 2. The van der Waals surface area contributed by atoms with Crippen molar-refractivity contribution in [3.63, 3.8) is 0 Å². The monoisotopic (exact) mass is 579 g/mol. The van der Waals surface area contributed by atoms with E-state index in [1.807, 2.05) is 0 Å². The van der Waals surface area contributed by atoms with Gasteiger partial charge in [0.15, 0.2) is 0 Å². The zero-order valence-electron chi connectivity index (χ0n) is 25.5. The van der Waals surface area contributed by atoms with Crippen LogP contribution in [0.1, 0.15) is 42.9 Å². The number of furan rings is 1. The maximum atomic E-state index is 6.42. The Bertz CT molecular complexity index is 2340. The molecule has 2 nitrogen and oxygen atoms in total. The van der Waals surface area contributed by atoms with Crippen molar-refractivity contribution >= 4 is 44.1 Å². The van der Waals surface area contributed by atoms with Gasteiger partial charge in [0.2, 0.25) is 0 Å². The van der Waals surface area contributed by atoms with E-state index in [1.54, 1.807) is 0 Å². The summed E-state index contributed by atoms with van der Waals surface area (Å²) in [5.41, 5.74) is 12.1. The van der Waals surface area contributed by atoms with Crippen molar-refractivity contribution in [3.05, 3.63) is 168 Å².